The first-order chi connectivity index (χ1) is 8.61. The van der Waals surface area contributed by atoms with Crippen LogP contribution in [0, 0.1) is 0 Å². The van der Waals surface area contributed by atoms with Crippen molar-refractivity contribution in [3.05, 3.63) is 11.1 Å². The number of rotatable bonds is 8. The van der Waals surface area contributed by atoms with Gasteiger partial charge in [0, 0.05) is 11.4 Å². The number of nitrogens with two attached hydrogens (primary N) is 1. The van der Waals surface area contributed by atoms with Crippen LogP contribution < -0.4 is 11.1 Å². The molecule has 1 aromatic rings. The van der Waals surface area contributed by atoms with E-state index in [0.717, 1.165) is 12.1 Å². The van der Waals surface area contributed by atoms with Crippen LogP contribution in [0.15, 0.2) is 5.38 Å². The van der Waals surface area contributed by atoms with Crippen molar-refractivity contribution < 1.29 is 4.79 Å². The summed E-state index contributed by atoms with van der Waals surface area (Å²) >= 11 is 1.37. The Morgan fingerprint density at radius 2 is 2.28 bits per heavy atom. The highest BCUT2D eigenvalue weighted by Crippen LogP contribution is 2.11. The molecule has 0 aromatic carbocycles. The Kier molecular flexibility index (Phi) is 6.72. The second-order valence-electron chi connectivity index (χ2n) is 4.67. The van der Waals surface area contributed by atoms with E-state index in [1.165, 1.54) is 37.0 Å². The van der Waals surface area contributed by atoms with Crippen LogP contribution in [0.4, 0.5) is 5.13 Å². The third kappa shape index (κ3) is 6.00. The van der Waals surface area contributed by atoms with Crippen LogP contribution in [-0.4, -0.2) is 16.9 Å². The summed E-state index contributed by atoms with van der Waals surface area (Å²) in [5, 5.41) is 5.35. The molecule has 1 unspecified atom stereocenters. The van der Waals surface area contributed by atoms with Gasteiger partial charge in [-0.05, 0) is 13.3 Å². The smallest absolute Gasteiger partial charge is 0.226 e. The van der Waals surface area contributed by atoms with Gasteiger partial charge in [0.2, 0.25) is 5.91 Å². The highest BCUT2D eigenvalue weighted by molar-refractivity contribution is 7.13. The molecule has 0 saturated carbocycles. The monoisotopic (exact) mass is 269 g/mol. The number of carbonyl (C=O) groups excluding carboxylic acids is 1. The summed E-state index contributed by atoms with van der Waals surface area (Å²) in [6, 6.07) is 0.241. The zero-order chi connectivity index (χ0) is 13.4. The Bertz CT molecular complexity index is 365. The number of unbranched alkanes of at least 4 members (excludes halogenated alkanes) is 3. The fourth-order valence-corrected chi connectivity index (χ4v) is 2.41. The number of hydrogen-bond donors (Lipinski definition) is 2. The molecule has 3 N–H and O–H groups in total. The van der Waals surface area contributed by atoms with Gasteiger partial charge < -0.3 is 11.1 Å². The molecule has 1 heterocycles. The molecule has 1 aromatic heterocycles. The predicted octanol–water partition coefficient (Wildman–Crippen LogP) is 2.74. The van der Waals surface area contributed by atoms with Crippen molar-refractivity contribution >= 4 is 22.4 Å². The van der Waals surface area contributed by atoms with Gasteiger partial charge in [0.1, 0.15) is 0 Å². The average Bonchev–Trinajstić information content (AvgIpc) is 2.70. The third-order valence-electron chi connectivity index (χ3n) is 2.81. The van der Waals surface area contributed by atoms with Crippen molar-refractivity contribution in [2.45, 2.75) is 58.4 Å². The van der Waals surface area contributed by atoms with E-state index in [4.69, 9.17) is 5.73 Å². The summed E-state index contributed by atoms with van der Waals surface area (Å²) in [7, 11) is 0. The molecule has 102 valence electrons. The normalized spacial score (nSPS) is 12.3. The van der Waals surface area contributed by atoms with Gasteiger partial charge in [0.15, 0.2) is 5.13 Å². The van der Waals surface area contributed by atoms with Crippen molar-refractivity contribution in [3.8, 4) is 0 Å². The largest absolute Gasteiger partial charge is 0.375 e. The topological polar surface area (TPSA) is 68.0 Å². The number of nitrogens with one attached hydrogen (secondary N) is 1. The number of anilines is 1. The summed E-state index contributed by atoms with van der Waals surface area (Å²) in [5.41, 5.74) is 6.28. The van der Waals surface area contributed by atoms with Gasteiger partial charge in [-0.1, -0.05) is 32.6 Å². The van der Waals surface area contributed by atoms with E-state index in [0.29, 0.717) is 11.6 Å². The molecule has 1 rings (SSSR count). The Labute approximate surface area is 113 Å². The minimum absolute atomic E-state index is 0.0308. The number of thiazole rings is 1. The highest BCUT2D eigenvalue weighted by atomic mass is 32.1. The summed E-state index contributed by atoms with van der Waals surface area (Å²) in [4.78, 5) is 15.8. The van der Waals surface area contributed by atoms with Gasteiger partial charge in [-0.15, -0.1) is 11.3 Å². The van der Waals surface area contributed by atoms with Crippen LogP contribution >= 0.6 is 11.3 Å². The minimum atomic E-state index is 0.0308. The maximum atomic E-state index is 11.7. The molecule has 1 atom stereocenters. The lowest BCUT2D eigenvalue weighted by molar-refractivity contribution is -0.121. The number of hydrogen-bond acceptors (Lipinski definition) is 4. The lowest BCUT2D eigenvalue weighted by Gasteiger charge is -2.13. The standard InChI is InChI=1S/C13H23N3OS/c1-3-4-5-6-7-10(2)15-12(17)8-11-9-18-13(14)16-11/h9-10H,3-8H2,1-2H3,(H2,14,16)(H,15,17). The SMILES string of the molecule is CCCCCCC(C)NC(=O)Cc1csc(N)n1. The Balaban J connectivity index is 2.19. The van der Waals surface area contributed by atoms with Crippen LogP contribution in [0.25, 0.3) is 0 Å². The minimum Gasteiger partial charge on any atom is -0.375 e. The second kappa shape index (κ2) is 8.08. The number of aromatic nitrogens is 1. The van der Waals surface area contributed by atoms with Crippen molar-refractivity contribution in [2.24, 2.45) is 0 Å². The Hall–Kier alpha value is -1.10. The van der Waals surface area contributed by atoms with Crippen LogP contribution in [-0.2, 0) is 11.2 Å². The molecule has 0 aliphatic rings. The first-order valence-electron chi connectivity index (χ1n) is 6.61. The van der Waals surface area contributed by atoms with Crippen LogP contribution in [0.3, 0.4) is 0 Å². The van der Waals surface area contributed by atoms with Crippen molar-refractivity contribution in [2.75, 3.05) is 5.73 Å². The van der Waals surface area contributed by atoms with Gasteiger partial charge in [-0.2, -0.15) is 0 Å². The van der Waals surface area contributed by atoms with E-state index in [2.05, 4.69) is 24.1 Å². The zero-order valence-electron chi connectivity index (χ0n) is 11.2. The van der Waals surface area contributed by atoms with Crippen molar-refractivity contribution in [3.63, 3.8) is 0 Å². The van der Waals surface area contributed by atoms with E-state index in [9.17, 15) is 4.79 Å². The maximum Gasteiger partial charge on any atom is 0.226 e. The molecule has 0 aliphatic heterocycles. The zero-order valence-corrected chi connectivity index (χ0v) is 12.1. The first kappa shape index (κ1) is 15.0. The summed E-state index contributed by atoms with van der Waals surface area (Å²) in [5.74, 6) is 0.0308. The molecule has 0 bridgehead atoms. The highest BCUT2D eigenvalue weighted by Gasteiger charge is 2.09. The summed E-state index contributed by atoms with van der Waals surface area (Å²) in [6.45, 7) is 4.25. The molecule has 5 heteroatoms. The van der Waals surface area contributed by atoms with Gasteiger partial charge in [0.05, 0.1) is 12.1 Å². The van der Waals surface area contributed by atoms with E-state index in [-0.39, 0.29) is 11.9 Å². The van der Waals surface area contributed by atoms with Crippen molar-refractivity contribution in [1.29, 1.82) is 0 Å². The maximum absolute atomic E-state index is 11.7. The van der Waals surface area contributed by atoms with Crippen LogP contribution in [0.5, 0.6) is 0 Å². The Morgan fingerprint density at radius 3 is 2.89 bits per heavy atom. The van der Waals surface area contributed by atoms with E-state index < -0.39 is 0 Å². The second-order valence-corrected chi connectivity index (χ2v) is 5.56. The van der Waals surface area contributed by atoms with Gasteiger partial charge in [-0.25, -0.2) is 4.98 Å². The first-order valence-corrected chi connectivity index (χ1v) is 7.49. The predicted molar refractivity (Wildman–Crippen MR) is 76.6 cm³/mol. The molecule has 4 nitrogen and oxygen atoms in total. The van der Waals surface area contributed by atoms with E-state index >= 15 is 0 Å². The summed E-state index contributed by atoms with van der Waals surface area (Å²) in [6.07, 6.45) is 6.32. The van der Waals surface area contributed by atoms with Crippen LogP contribution in [0.2, 0.25) is 0 Å². The van der Waals surface area contributed by atoms with Crippen molar-refractivity contribution in [1.82, 2.24) is 10.3 Å². The quantitative estimate of drug-likeness (QED) is 0.713. The lowest BCUT2D eigenvalue weighted by atomic mass is 10.1. The number of nitrogens with zero attached hydrogens (tertiary/aromatic N) is 1. The molecule has 0 fully saturated rings. The molecular formula is C13H23N3OS. The number of carbonyl (C=O) groups is 1. The van der Waals surface area contributed by atoms with Gasteiger partial charge in [0.25, 0.3) is 0 Å². The lowest BCUT2D eigenvalue weighted by Crippen LogP contribution is -2.33. The molecule has 18 heavy (non-hydrogen) atoms. The number of nitrogen functional groups attached to an aromatic ring is 1. The average molecular weight is 269 g/mol. The summed E-state index contributed by atoms with van der Waals surface area (Å²) < 4.78 is 0. The fraction of sp³-hybridized carbons (Fsp3) is 0.692. The molecule has 0 spiro atoms. The molecule has 1 amide bonds. The molecule has 0 aliphatic carbocycles. The molecular weight excluding hydrogens is 246 g/mol. The number of amides is 1. The van der Waals surface area contributed by atoms with E-state index in [1.807, 2.05) is 5.38 Å². The van der Waals surface area contributed by atoms with Gasteiger partial charge >= 0.3 is 0 Å². The van der Waals surface area contributed by atoms with Crippen LogP contribution in [0.1, 0.15) is 51.6 Å². The van der Waals surface area contributed by atoms with Gasteiger partial charge in [-0.3, -0.25) is 4.79 Å². The van der Waals surface area contributed by atoms with E-state index in [1.54, 1.807) is 0 Å². The molecule has 0 radical (unpaired) electrons. The molecule has 0 saturated heterocycles. The fourth-order valence-electron chi connectivity index (χ4n) is 1.84. The third-order valence-corrected chi connectivity index (χ3v) is 3.53. The Morgan fingerprint density at radius 1 is 1.50 bits per heavy atom.